The van der Waals surface area contributed by atoms with Gasteiger partial charge in [-0.3, -0.25) is 9.69 Å². The predicted molar refractivity (Wildman–Crippen MR) is 81.6 cm³/mol. The van der Waals surface area contributed by atoms with Gasteiger partial charge in [0.25, 0.3) is 5.91 Å². The fourth-order valence-corrected chi connectivity index (χ4v) is 2.62. The summed E-state index contributed by atoms with van der Waals surface area (Å²) in [5, 5.41) is 18.5. The van der Waals surface area contributed by atoms with Gasteiger partial charge in [0.15, 0.2) is 0 Å². The highest BCUT2D eigenvalue weighted by molar-refractivity contribution is 6.01. The maximum Gasteiger partial charge on any atom is 0.264 e. The third-order valence-corrected chi connectivity index (χ3v) is 3.98. The second-order valence-electron chi connectivity index (χ2n) is 5.26. The molecule has 1 aliphatic rings. The van der Waals surface area contributed by atoms with Crippen molar-refractivity contribution in [1.29, 1.82) is 5.26 Å². The first-order valence-corrected chi connectivity index (χ1v) is 7.49. The first kappa shape index (κ1) is 16.3. The molecule has 1 N–H and O–H groups in total. The van der Waals surface area contributed by atoms with E-state index in [1.807, 2.05) is 13.0 Å². The van der Waals surface area contributed by atoms with Crippen LogP contribution in [0.1, 0.15) is 19.1 Å². The van der Waals surface area contributed by atoms with Crippen LogP contribution in [0.25, 0.3) is 6.08 Å². The van der Waals surface area contributed by atoms with Crippen LogP contribution in [0.15, 0.2) is 28.4 Å². The molecule has 22 heavy (non-hydrogen) atoms. The van der Waals surface area contributed by atoms with Crippen molar-refractivity contribution in [3.63, 3.8) is 0 Å². The number of piperazine rings is 1. The molecule has 0 saturated carbocycles. The Kier molecular flexibility index (Phi) is 5.75. The van der Waals surface area contributed by atoms with Crippen LogP contribution in [0.5, 0.6) is 0 Å². The Morgan fingerprint density at radius 1 is 1.50 bits per heavy atom. The summed E-state index contributed by atoms with van der Waals surface area (Å²) in [6.45, 7) is 4.72. The number of nitrogens with zero attached hydrogens (tertiary/aromatic N) is 3. The molecule has 1 unspecified atom stereocenters. The number of amides is 1. The van der Waals surface area contributed by atoms with E-state index < -0.39 is 0 Å². The van der Waals surface area contributed by atoms with E-state index in [1.165, 1.54) is 12.3 Å². The highest BCUT2D eigenvalue weighted by atomic mass is 16.3. The van der Waals surface area contributed by atoms with Crippen LogP contribution in [0, 0.1) is 11.3 Å². The van der Waals surface area contributed by atoms with Gasteiger partial charge in [-0.2, -0.15) is 5.26 Å². The van der Waals surface area contributed by atoms with Crippen molar-refractivity contribution in [2.45, 2.75) is 19.4 Å². The molecule has 0 spiro atoms. The zero-order chi connectivity index (χ0) is 15.9. The van der Waals surface area contributed by atoms with E-state index in [9.17, 15) is 15.2 Å². The summed E-state index contributed by atoms with van der Waals surface area (Å²) in [7, 11) is 0. The summed E-state index contributed by atoms with van der Waals surface area (Å²) < 4.78 is 5.15. The smallest absolute Gasteiger partial charge is 0.264 e. The Morgan fingerprint density at radius 2 is 2.23 bits per heavy atom. The zero-order valence-corrected chi connectivity index (χ0v) is 12.7. The highest BCUT2D eigenvalue weighted by Crippen LogP contribution is 2.13. The Balaban J connectivity index is 1.98. The number of nitriles is 1. The fraction of sp³-hybridized carbons (Fsp3) is 0.500. The number of hydrogen-bond donors (Lipinski definition) is 1. The first-order chi connectivity index (χ1) is 10.7. The van der Waals surface area contributed by atoms with Crippen LogP contribution in [0.2, 0.25) is 0 Å². The summed E-state index contributed by atoms with van der Waals surface area (Å²) in [6, 6.07) is 5.51. The molecule has 1 aliphatic heterocycles. The molecule has 0 aromatic carbocycles. The van der Waals surface area contributed by atoms with Crippen molar-refractivity contribution in [1.82, 2.24) is 9.80 Å². The number of aliphatic hydroxyl groups is 1. The minimum absolute atomic E-state index is 0.0811. The van der Waals surface area contributed by atoms with Gasteiger partial charge >= 0.3 is 0 Å². The largest absolute Gasteiger partial charge is 0.465 e. The van der Waals surface area contributed by atoms with Gasteiger partial charge in [0.05, 0.1) is 12.9 Å². The lowest BCUT2D eigenvalue weighted by atomic mass is 10.1. The molecular formula is C16H21N3O3. The van der Waals surface area contributed by atoms with Crippen LogP contribution in [0.4, 0.5) is 0 Å². The van der Waals surface area contributed by atoms with Crippen molar-refractivity contribution in [3.05, 3.63) is 29.7 Å². The minimum Gasteiger partial charge on any atom is -0.465 e. The van der Waals surface area contributed by atoms with E-state index in [-0.39, 0.29) is 24.1 Å². The molecule has 0 bridgehead atoms. The van der Waals surface area contributed by atoms with E-state index in [1.54, 1.807) is 17.0 Å². The number of furan rings is 1. The third kappa shape index (κ3) is 3.75. The Hall–Kier alpha value is -2.10. The molecule has 1 aromatic heterocycles. The van der Waals surface area contributed by atoms with Crippen molar-refractivity contribution in [3.8, 4) is 6.07 Å². The topological polar surface area (TPSA) is 80.7 Å². The molecule has 2 rings (SSSR count). The normalized spacial score (nSPS) is 18.0. The Labute approximate surface area is 130 Å². The summed E-state index contributed by atoms with van der Waals surface area (Å²) in [5.41, 5.74) is 0.0811. The van der Waals surface area contributed by atoms with Crippen molar-refractivity contribution in [2.24, 2.45) is 0 Å². The van der Waals surface area contributed by atoms with Gasteiger partial charge in [0, 0.05) is 38.3 Å². The standard InChI is InChI=1S/C16H21N3O3/c1-2-14(12-20)18-5-7-19(8-6-18)16(21)13(11-17)10-15-4-3-9-22-15/h3-4,9-10,14,20H,2,5-8,12H2,1H3/b13-10+. The molecule has 1 amide bonds. The molecule has 0 radical (unpaired) electrons. The molecule has 6 nitrogen and oxygen atoms in total. The monoisotopic (exact) mass is 303 g/mol. The number of carbonyl (C=O) groups is 1. The van der Waals surface area contributed by atoms with Crippen molar-refractivity contribution < 1.29 is 14.3 Å². The average Bonchev–Trinajstić information content (AvgIpc) is 3.07. The van der Waals surface area contributed by atoms with Crippen LogP contribution >= 0.6 is 0 Å². The lowest BCUT2D eigenvalue weighted by Gasteiger charge is -2.38. The fourth-order valence-electron chi connectivity index (χ4n) is 2.62. The SMILES string of the molecule is CCC(CO)N1CCN(C(=O)/C(C#N)=C/c2ccco2)CC1. The van der Waals surface area contributed by atoms with Gasteiger partial charge in [-0.15, -0.1) is 0 Å². The van der Waals surface area contributed by atoms with E-state index in [0.717, 1.165) is 6.42 Å². The number of aliphatic hydroxyl groups excluding tert-OH is 1. The van der Waals surface area contributed by atoms with Crippen LogP contribution in [-0.2, 0) is 4.79 Å². The summed E-state index contributed by atoms with van der Waals surface area (Å²) in [4.78, 5) is 16.3. The van der Waals surface area contributed by atoms with Gasteiger partial charge in [-0.1, -0.05) is 6.92 Å². The summed E-state index contributed by atoms with van der Waals surface area (Å²) in [5.74, 6) is 0.227. The van der Waals surface area contributed by atoms with Crippen molar-refractivity contribution >= 4 is 12.0 Å². The van der Waals surface area contributed by atoms with Gasteiger partial charge in [0.1, 0.15) is 17.4 Å². The molecule has 6 heteroatoms. The molecule has 1 atom stereocenters. The van der Waals surface area contributed by atoms with E-state index in [0.29, 0.717) is 31.9 Å². The number of hydrogen-bond acceptors (Lipinski definition) is 5. The van der Waals surface area contributed by atoms with Gasteiger partial charge in [0.2, 0.25) is 0 Å². The minimum atomic E-state index is -0.268. The molecule has 1 saturated heterocycles. The van der Waals surface area contributed by atoms with E-state index >= 15 is 0 Å². The molecule has 118 valence electrons. The second-order valence-corrected chi connectivity index (χ2v) is 5.26. The summed E-state index contributed by atoms with van der Waals surface area (Å²) >= 11 is 0. The van der Waals surface area contributed by atoms with Crippen LogP contribution in [0.3, 0.4) is 0 Å². The second kappa shape index (κ2) is 7.78. The molecule has 0 aliphatic carbocycles. The molecule has 2 heterocycles. The van der Waals surface area contributed by atoms with Crippen LogP contribution < -0.4 is 0 Å². The van der Waals surface area contributed by atoms with Gasteiger partial charge in [-0.25, -0.2) is 0 Å². The van der Waals surface area contributed by atoms with E-state index in [4.69, 9.17) is 4.42 Å². The quantitative estimate of drug-likeness (QED) is 0.651. The Morgan fingerprint density at radius 3 is 2.73 bits per heavy atom. The third-order valence-electron chi connectivity index (χ3n) is 3.98. The first-order valence-electron chi connectivity index (χ1n) is 7.49. The molecule has 1 fully saturated rings. The van der Waals surface area contributed by atoms with Gasteiger partial charge < -0.3 is 14.4 Å². The number of carbonyl (C=O) groups excluding carboxylic acids is 1. The summed E-state index contributed by atoms with van der Waals surface area (Å²) in [6.07, 6.45) is 3.85. The maximum atomic E-state index is 12.4. The lowest BCUT2D eigenvalue weighted by Crippen LogP contribution is -2.52. The lowest BCUT2D eigenvalue weighted by molar-refractivity contribution is -0.128. The maximum absolute atomic E-state index is 12.4. The van der Waals surface area contributed by atoms with Crippen LogP contribution in [-0.4, -0.2) is 59.6 Å². The van der Waals surface area contributed by atoms with Gasteiger partial charge in [-0.05, 0) is 18.6 Å². The molecular weight excluding hydrogens is 282 g/mol. The predicted octanol–water partition coefficient (Wildman–Crippen LogP) is 1.10. The average molecular weight is 303 g/mol. The Bertz CT molecular complexity index is 548. The van der Waals surface area contributed by atoms with E-state index in [2.05, 4.69) is 4.90 Å². The number of rotatable bonds is 5. The molecule has 1 aromatic rings. The zero-order valence-electron chi connectivity index (χ0n) is 12.7. The highest BCUT2D eigenvalue weighted by Gasteiger charge is 2.26. The van der Waals surface area contributed by atoms with Crippen molar-refractivity contribution in [2.75, 3.05) is 32.8 Å².